The quantitative estimate of drug-likeness (QED) is 0.848. The van der Waals surface area contributed by atoms with Gasteiger partial charge in [-0.15, -0.1) is 0 Å². The van der Waals surface area contributed by atoms with E-state index in [2.05, 4.69) is 20.1 Å². The first-order valence-electron chi connectivity index (χ1n) is 8.94. The van der Waals surface area contributed by atoms with E-state index in [1.165, 1.54) is 0 Å². The van der Waals surface area contributed by atoms with Crippen molar-refractivity contribution in [1.29, 1.82) is 0 Å². The Hall–Kier alpha value is -2.31. The van der Waals surface area contributed by atoms with Gasteiger partial charge in [0.1, 0.15) is 5.82 Å². The van der Waals surface area contributed by atoms with E-state index in [0.29, 0.717) is 36.1 Å². The molecule has 0 unspecified atom stereocenters. The van der Waals surface area contributed by atoms with Gasteiger partial charge < -0.3 is 9.42 Å². The average molecular weight is 343 g/mol. The van der Waals surface area contributed by atoms with Gasteiger partial charge in [0.15, 0.2) is 5.82 Å². The van der Waals surface area contributed by atoms with E-state index >= 15 is 0 Å². The molecule has 3 heterocycles. The molecule has 0 aromatic carbocycles. The molecule has 0 spiro atoms. The summed E-state index contributed by atoms with van der Waals surface area (Å²) in [6, 6.07) is 0. The number of aryl methyl sites for hydroxylation is 2. The maximum atomic E-state index is 13.0. The number of amides is 1. The Kier molecular flexibility index (Phi) is 5.11. The summed E-state index contributed by atoms with van der Waals surface area (Å²) in [6.45, 7) is 9.24. The Bertz CT molecular complexity index is 756. The Morgan fingerprint density at radius 1 is 1.40 bits per heavy atom. The van der Waals surface area contributed by atoms with E-state index in [0.717, 1.165) is 25.1 Å². The van der Waals surface area contributed by atoms with Crippen LogP contribution in [0.1, 0.15) is 79.0 Å². The fourth-order valence-electron chi connectivity index (χ4n) is 3.16. The van der Waals surface area contributed by atoms with Crippen LogP contribution in [0.25, 0.3) is 0 Å². The van der Waals surface area contributed by atoms with Crippen LogP contribution in [-0.4, -0.2) is 44.0 Å². The standard InChI is InChI=1S/C18H25N5O2/c1-5-15-14(9-19-12(4)20-15)18(24)23-8-6-7-13(10-23)16-21-17(11(2)3)25-22-16/h9,11,13H,5-8,10H2,1-4H3/t13-/m0/s1. The summed E-state index contributed by atoms with van der Waals surface area (Å²) in [5, 5.41) is 4.12. The summed E-state index contributed by atoms with van der Waals surface area (Å²) in [5.41, 5.74) is 1.41. The third-order valence-corrected chi connectivity index (χ3v) is 4.58. The zero-order valence-electron chi connectivity index (χ0n) is 15.3. The highest BCUT2D eigenvalue weighted by Crippen LogP contribution is 2.27. The van der Waals surface area contributed by atoms with Crippen molar-refractivity contribution in [2.75, 3.05) is 13.1 Å². The maximum Gasteiger partial charge on any atom is 0.257 e. The highest BCUT2D eigenvalue weighted by Gasteiger charge is 2.30. The van der Waals surface area contributed by atoms with Gasteiger partial charge in [-0.1, -0.05) is 25.9 Å². The summed E-state index contributed by atoms with van der Waals surface area (Å²) in [6.07, 6.45) is 4.25. The lowest BCUT2D eigenvalue weighted by Crippen LogP contribution is -2.40. The number of hydrogen-bond acceptors (Lipinski definition) is 6. The molecule has 7 nitrogen and oxygen atoms in total. The number of rotatable bonds is 4. The van der Waals surface area contributed by atoms with Crippen molar-refractivity contribution >= 4 is 5.91 Å². The van der Waals surface area contributed by atoms with E-state index in [9.17, 15) is 4.79 Å². The largest absolute Gasteiger partial charge is 0.339 e. The van der Waals surface area contributed by atoms with Crippen molar-refractivity contribution in [3.63, 3.8) is 0 Å². The van der Waals surface area contributed by atoms with E-state index < -0.39 is 0 Å². The minimum absolute atomic E-state index is 0.00544. The van der Waals surface area contributed by atoms with Crippen LogP contribution in [0.3, 0.4) is 0 Å². The van der Waals surface area contributed by atoms with Crippen LogP contribution in [-0.2, 0) is 6.42 Å². The molecule has 0 radical (unpaired) electrons. The van der Waals surface area contributed by atoms with Crippen molar-refractivity contribution in [3.8, 4) is 0 Å². The molecule has 0 aliphatic carbocycles. The Morgan fingerprint density at radius 2 is 2.20 bits per heavy atom. The molecule has 1 amide bonds. The zero-order valence-corrected chi connectivity index (χ0v) is 15.3. The molecular weight excluding hydrogens is 318 g/mol. The van der Waals surface area contributed by atoms with Gasteiger partial charge in [-0.3, -0.25) is 4.79 Å². The maximum absolute atomic E-state index is 13.0. The normalized spacial score (nSPS) is 18.0. The lowest BCUT2D eigenvalue weighted by Gasteiger charge is -2.31. The molecule has 25 heavy (non-hydrogen) atoms. The highest BCUT2D eigenvalue weighted by molar-refractivity contribution is 5.95. The molecule has 1 aliphatic rings. The van der Waals surface area contributed by atoms with Crippen molar-refractivity contribution < 1.29 is 9.32 Å². The summed E-state index contributed by atoms with van der Waals surface area (Å²) >= 11 is 0. The molecule has 1 atom stereocenters. The molecular formula is C18H25N5O2. The first-order valence-corrected chi connectivity index (χ1v) is 8.94. The van der Waals surface area contributed by atoms with E-state index in [1.807, 2.05) is 32.6 Å². The molecule has 0 bridgehead atoms. The van der Waals surface area contributed by atoms with E-state index in [1.54, 1.807) is 6.20 Å². The molecule has 1 fully saturated rings. The first kappa shape index (κ1) is 17.5. The third-order valence-electron chi connectivity index (χ3n) is 4.58. The van der Waals surface area contributed by atoms with Crippen LogP contribution >= 0.6 is 0 Å². The van der Waals surface area contributed by atoms with Gasteiger partial charge in [0.05, 0.1) is 11.3 Å². The molecule has 0 N–H and O–H groups in total. The van der Waals surface area contributed by atoms with Crippen LogP contribution in [0, 0.1) is 6.92 Å². The molecule has 1 saturated heterocycles. The number of aromatic nitrogens is 4. The minimum atomic E-state index is -0.00544. The Morgan fingerprint density at radius 3 is 2.88 bits per heavy atom. The summed E-state index contributed by atoms with van der Waals surface area (Å²) in [7, 11) is 0. The summed E-state index contributed by atoms with van der Waals surface area (Å²) < 4.78 is 5.32. The van der Waals surface area contributed by atoms with E-state index in [4.69, 9.17) is 4.52 Å². The Labute approximate surface area is 147 Å². The smallest absolute Gasteiger partial charge is 0.257 e. The number of carbonyl (C=O) groups excluding carboxylic acids is 1. The SMILES string of the molecule is CCc1nc(C)ncc1C(=O)N1CCC[C@H](c2noc(C(C)C)n2)C1. The van der Waals surface area contributed by atoms with Crippen LogP contribution in [0.15, 0.2) is 10.7 Å². The second-order valence-corrected chi connectivity index (χ2v) is 6.87. The lowest BCUT2D eigenvalue weighted by molar-refractivity contribution is 0.0701. The second-order valence-electron chi connectivity index (χ2n) is 6.87. The van der Waals surface area contributed by atoms with Crippen LogP contribution in [0.2, 0.25) is 0 Å². The van der Waals surface area contributed by atoms with Gasteiger partial charge in [0.2, 0.25) is 5.89 Å². The second kappa shape index (κ2) is 7.29. The summed E-state index contributed by atoms with van der Waals surface area (Å²) in [5.74, 6) is 2.37. The number of hydrogen-bond donors (Lipinski definition) is 0. The van der Waals surface area contributed by atoms with Crippen molar-refractivity contribution in [1.82, 2.24) is 25.0 Å². The monoisotopic (exact) mass is 343 g/mol. The average Bonchev–Trinajstić information content (AvgIpc) is 3.11. The fraction of sp³-hybridized carbons (Fsp3) is 0.611. The van der Waals surface area contributed by atoms with Gasteiger partial charge >= 0.3 is 0 Å². The van der Waals surface area contributed by atoms with E-state index in [-0.39, 0.29) is 17.7 Å². The van der Waals surface area contributed by atoms with Crippen LogP contribution in [0.5, 0.6) is 0 Å². The molecule has 134 valence electrons. The van der Waals surface area contributed by atoms with Gasteiger partial charge in [0.25, 0.3) is 5.91 Å². The topological polar surface area (TPSA) is 85.0 Å². The van der Waals surface area contributed by atoms with Crippen molar-refractivity contribution in [3.05, 3.63) is 35.0 Å². The molecule has 1 aliphatic heterocycles. The molecule has 7 heteroatoms. The predicted octanol–water partition coefficient (Wildman–Crippen LogP) is 2.87. The van der Waals surface area contributed by atoms with Gasteiger partial charge in [-0.05, 0) is 26.2 Å². The van der Waals surface area contributed by atoms with Gasteiger partial charge in [-0.2, -0.15) is 4.98 Å². The number of nitrogens with zero attached hydrogens (tertiary/aromatic N) is 5. The van der Waals surface area contributed by atoms with Crippen molar-refractivity contribution in [2.45, 2.75) is 58.8 Å². The molecule has 0 saturated carbocycles. The lowest BCUT2D eigenvalue weighted by atomic mass is 9.96. The van der Waals surface area contributed by atoms with Gasteiger partial charge in [-0.25, -0.2) is 9.97 Å². The molecule has 3 rings (SSSR count). The van der Waals surface area contributed by atoms with Crippen LogP contribution in [0.4, 0.5) is 0 Å². The summed E-state index contributed by atoms with van der Waals surface area (Å²) in [4.78, 5) is 27.9. The fourth-order valence-corrected chi connectivity index (χ4v) is 3.16. The minimum Gasteiger partial charge on any atom is -0.339 e. The zero-order chi connectivity index (χ0) is 18.0. The van der Waals surface area contributed by atoms with Crippen LogP contribution < -0.4 is 0 Å². The number of likely N-dealkylation sites (tertiary alicyclic amines) is 1. The first-order chi connectivity index (χ1) is 12.0. The molecule has 2 aromatic rings. The predicted molar refractivity (Wildman–Crippen MR) is 92.4 cm³/mol. The molecule has 2 aromatic heterocycles. The van der Waals surface area contributed by atoms with Gasteiger partial charge in [0, 0.05) is 31.1 Å². The third kappa shape index (κ3) is 3.70. The number of piperidine rings is 1. The Balaban J connectivity index is 1.77. The number of carbonyl (C=O) groups is 1. The van der Waals surface area contributed by atoms with Crippen molar-refractivity contribution in [2.24, 2.45) is 0 Å². The highest BCUT2D eigenvalue weighted by atomic mass is 16.5.